The third-order valence-corrected chi connectivity index (χ3v) is 9.48. The van der Waals surface area contributed by atoms with E-state index < -0.39 is 17.5 Å². The molecule has 4 heterocycles. The summed E-state index contributed by atoms with van der Waals surface area (Å²) < 4.78 is 0. The van der Waals surface area contributed by atoms with E-state index >= 15 is 0 Å². The summed E-state index contributed by atoms with van der Waals surface area (Å²) >= 11 is 3.28. The van der Waals surface area contributed by atoms with Crippen molar-refractivity contribution in [3.8, 4) is 0 Å². The van der Waals surface area contributed by atoms with Crippen LogP contribution in [-0.2, 0) is 15.1 Å². The first-order valence-electron chi connectivity index (χ1n) is 12.9. The van der Waals surface area contributed by atoms with Crippen LogP contribution in [0.4, 0.5) is 4.79 Å². The molecule has 2 aromatic heterocycles. The molecule has 1 N–H and O–H groups in total. The van der Waals surface area contributed by atoms with Gasteiger partial charge in [0.15, 0.2) is 0 Å². The predicted octanol–water partition coefficient (Wildman–Crippen LogP) is 5.79. The number of nitrogens with zero attached hydrogens (tertiary/aromatic N) is 3. The first kappa shape index (κ1) is 24.8. The number of benzene rings is 1. The number of imide groups is 1. The molecule has 38 heavy (non-hydrogen) atoms. The summed E-state index contributed by atoms with van der Waals surface area (Å²) in [5.74, 6) is -0.677. The van der Waals surface area contributed by atoms with Crippen molar-refractivity contribution in [2.45, 2.75) is 44.2 Å². The van der Waals surface area contributed by atoms with E-state index in [1.165, 1.54) is 5.01 Å². The van der Waals surface area contributed by atoms with Gasteiger partial charge < -0.3 is 5.32 Å². The molecule has 6 rings (SSSR count). The summed E-state index contributed by atoms with van der Waals surface area (Å²) in [5.41, 5.74) is 1.64. The van der Waals surface area contributed by atoms with Gasteiger partial charge in [0.05, 0.1) is 11.8 Å². The molecule has 2 aliphatic heterocycles. The van der Waals surface area contributed by atoms with Gasteiger partial charge in [0.25, 0.3) is 11.8 Å². The Morgan fingerprint density at radius 1 is 1.11 bits per heavy atom. The van der Waals surface area contributed by atoms with E-state index in [1.54, 1.807) is 22.7 Å². The molecule has 1 aromatic carbocycles. The van der Waals surface area contributed by atoms with Gasteiger partial charge >= 0.3 is 6.03 Å². The van der Waals surface area contributed by atoms with Crippen LogP contribution in [0.2, 0.25) is 0 Å². The Morgan fingerprint density at radius 2 is 1.89 bits per heavy atom. The maximum atomic E-state index is 13.8. The molecule has 0 spiro atoms. The van der Waals surface area contributed by atoms with Gasteiger partial charge in [-0.1, -0.05) is 49.4 Å². The van der Waals surface area contributed by atoms with E-state index in [9.17, 15) is 14.4 Å². The minimum atomic E-state index is -1.17. The third-order valence-electron chi connectivity index (χ3n) is 7.72. The fraction of sp³-hybridized carbons (Fsp3) is 0.310. The van der Waals surface area contributed by atoms with Gasteiger partial charge in [-0.15, -0.1) is 22.7 Å². The Hall–Kier alpha value is -3.56. The number of carbonyl (C=O) groups excluding carboxylic acids is 3. The largest absolute Gasteiger partial charge is 0.325 e. The van der Waals surface area contributed by atoms with Crippen LogP contribution in [0.5, 0.6) is 0 Å². The van der Waals surface area contributed by atoms with Gasteiger partial charge in [-0.05, 0) is 65.8 Å². The lowest BCUT2D eigenvalue weighted by molar-refractivity contribution is -0.140. The number of carbonyl (C=O) groups is 3. The van der Waals surface area contributed by atoms with Gasteiger partial charge in [-0.25, -0.2) is 9.80 Å². The second-order valence-corrected chi connectivity index (χ2v) is 11.8. The molecular formula is C29H28N4O3S2. The molecule has 1 aliphatic carbocycles. The molecule has 3 unspecified atom stereocenters. The molecule has 3 atom stereocenters. The molecule has 0 bridgehead atoms. The number of allylic oxidation sites excluding steroid dienone is 1. The highest BCUT2D eigenvalue weighted by atomic mass is 32.1. The number of amides is 4. The molecule has 3 aliphatic rings. The molecule has 194 valence electrons. The number of fused-ring (bicyclic) bond motifs is 1. The van der Waals surface area contributed by atoms with Crippen molar-refractivity contribution in [3.63, 3.8) is 0 Å². The fourth-order valence-electron chi connectivity index (χ4n) is 5.83. The number of hydrogen-bond donors (Lipinski definition) is 1. The smallest absolute Gasteiger partial charge is 0.319 e. The van der Waals surface area contributed by atoms with E-state index in [-0.39, 0.29) is 24.4 Å². The maximum Gasteiger partial charge on any atom is 0.325 e. The molecule has 9 heteroatoms. The summed E-state index contributed by atoms with van der Waals surface area (Å²) in [6, 6.07) is 16.6. The van der Waals surface area contributed by atoms with Crippen LogP contribution in [0.3, 0.4) is 0 Å². The lowest BCUT2D eigenvalue weighted by Crippen LogP contribution is -2.45. The SMILES string of the molecule is CCC1(c2ccccc2)NC(=O)N(CC(=O)N2N=C3/C(=C/c4cccs4)CCCC3C2c2cccs2)C1=O. The molecule has 4 amide bonds. The monoisotopic (exact) mass is 544 g/mol. The zero-order valence-electron chi connectivity index (χ0n) is 21.0. The van der Waals surface area contributed by atoms with Crippen molar-refractivity contribution >= 4 is 52.3 Å². The van der Waals surface area contributed by atoms with Crippen molar-refractivity contribution in [2.24, 2.45) is 11.0 Å². The number of rotatable bonds is 6. The molecule has 2 fully saturated rings. The summed E-state index contributed by atoms with van der Waals surface area (Å²) in [7, 11) is 0. The Morgan fingerprint density at radius 3 is 2.61 bits per heavy atom. The predicted molar refractivity (Wildman–Crippen MR) is 150 cm³/mol. The number of nitrogens with one attached hydrogen (secondary N) is 1. The summed E-state index contributed by atoms with van der Waals surface area (Å²) in [6.45, 7) is 1.51. The molecule has 1 saturated heterocycles. The summed E-state index contributed by atoms with van der Waals surface area (Å²) in [6.07, 6.45) is 5.43. The zero-order valence-corrected chi connectivity index (χ0v) is 22.6. The standard InChI is InChI=1S/C29H28N4O3S2/c1-2-29(20-10-4-3-5-11-20)27(35)32(28(36)30-29)18-24(34)33-26(23-14-8-16-38-23)22-13-6-9-19(25(22)31-33)17-21-12-7-15-37-21/h3-5,7-8,10-12,14-17,22,26H,2,6,9,13,18H2,1H3,(H,30,36)/b19-17+. The Labute approximate surface area is 229 Å². The van der Waals surface area contributed by atoms with Gasteiger partial charge in [0, 0.05) is 15.7 Å². The van der Waals surface area contributed by atoms with Crippen molar-refractivity contribution in [2.75, 3.05) is 6.54 Å². The number of thiophene rings is 2. The average molecular weight is 545 g/mol. The first-order chi connectivity index (χ1) is 18.5. The highest BCUT2D eigenvalue weighted by Gasteiger charge is 2.53. The maximum absolute atomic E-state index is 13.8. The summed E-state index contributed by atoms with van der Waals surface area (Å²) in [5, 5.41) is 13.4. The van der Waals surface area contributed by atoms with Crippen molar-refractivity contribution < 1.29 is 14.4 Å². The third kappa shape index (κ3) is 4.10. The average Bonchev–Trinajstić information content (AvgIpc) is 3.74. The van der Waals surface area contributed by atoms with Crippen LogP contribution in [-0.4, -0.2) is 40.0 Å². The lowest BCUT2D eigenvalue weighted by atomic mass is 9.79. The molecule has 1 saturated carbocycles. The van der Waals surface area contributed by atoms with E-state index in [0.29, 0.717) is 12.0 Å². The van der Waals surface area contributed by atoms with Gasteiger partial charge in [0.2, 0.25) is 0 Å². The van der Waals surface area contributed by atoms with E-state index in [4.69, 9.17) is 5.10 Å². The highest BCUT2D eigenvalue weighted by Crippen LogP contribution is 2.46. The van der Waals surface area contributed by atoms with Crippen LogP contribution >= 0.6 is 22.7 Å². The fourth-order valence-corrected chi connectivity index (χ4v) is 7.39. The van der Waals surface area contributed by atoms with Gasteiger partial charge in [0.1, 0.15) is 12.1 Å². The van der Waals surface area contributed by atoms with Crippen molar-refractivity contribution in [1.82, 2.24) is 15.2 Å². The van der Waals surface area contributed by atoms with Crippen LogP contribution in [0.15, 0.2) is 76.0 Å². The van der Waals surface area contributed by atoms with Gasteiger partial charge in [-0.2, -0.15) is 5.10 Å². The topological polar surface area (TPSA) is 82.1 Å². The number of urea groups is 1. The zero-order chi connectivity index (χ0) is 26.3. The first-order valence-corrected chi connectivity index (χ1v) is 14.7. The van der Waals surface area contributed by atoms with Crippen LogP contribution in [0.25, 0.3) is 6.08 Å². The van der Waals surface area contributed by atoms with Gasteiger partial charge in [-0.3, -0.25) is 14.5 Å². The summed E-state index contributed by atoms with van der Waals surface area (Å²) in [4.78, 5) is 43.8. The minimum Gasteiger partial charge on any atom is -0.319 e. The number of hydrogen-bond acceptors (Lipinski definition) is 6. The van der Waals surface area contributed by atoms with Crippen LogP contribution < -0.4 is 5.32 Å². The lowest BCUT2D eigenvalue weighted by Gasteiger charge is -2.29. The Bertz CT molecular complexity index is 1420. The molecular weight excluding hydrogens is 516 g/mol. The molecule has 7 nitrogen and oxygen atoms in total. The van der Waals surface area contributed by atoms with E-state index in [2.05, 4.69) is 22.8 Å². The van der Waals surface area contributed by atoms with Crippen LogP contribution in [0.1, 0.15) is 54.0 Å². The Kier molecular flexibility index (Phi) is 6.49. The van der Waals surface area contributed by atoms with Crippen LogP contribution in [0, 0.1) is 5.92 Å². The van der Waals surface area contributed by atoms with Crippen molar-refractivity contribution in [3.05, 3.63) is 86.2 Å². The molecule has 3 aromatic rings. The number of hydrazone groups is 1. The minimum absolute atomic E-state index is 0.0831. The van der Waals surface area contributed by atoms with E-state index in [0.717, 1.165) is 45.2 Å². The second kappa shape index (κ2) is 9.96. The highest BCUT2D eigenvalue weighted by molar-refractivity contribution is 7.11. The Balaban J connectivity index is 1.31. The molecule has 0 radical (unpaired) electrons. The quantitative estimate of drug-likeness (QED) is 0.399. The normalized spacial score (nSPS) is 26.0. The van der Waals surface area contributed by atoms with E-state index in [1.807, 2.05) is 60.8 Å². The second-order valence-electron chi connectivity index (χ2n) is 9.81. The van der Waals surface area contributed by atoms with Crippen molar-refractivity contribution in [1.29, 1.82) is 0 Å².